The summed E-state index contributed by atoms with van der Waals surface area (Å²) in [6.45, 7) is 1.20. The van der Waals surface area contributed by atoms with Gasteiger partial charge in [-0.3, -0.25) is 14.4 Å². The van der Waals surface area contributed by atoms with Crippen molar-refractivity contribution < 1.29 is 14.0 Å². The first-order chi connectivity index (χ1) is 14.6. The molecule has 1 aliphatic rings. The molecule has 2 aromatic heterocycles. The predicted octanol–water partition coefficient (Wildman–Crippen LogP) is 2.24. The van der Waals surface area contributed by atoms with Gasteiger partial charge in [0.25, 0.3) is 17.4 Å². The predicted molar refractivity (Wildman–Crippen MR) is 111 cm³/mol. The van der Waals surface area contributed by atoms with Gasteiger partial charge in [-0.1, -0.05) is 30.3 Å². The van der Waals surface area contributed by atoms with Crippen LogP contribution in [-0.2, 0) is 25.9 Å². The van der Waals surface area contributed by atoms with Crippen molar-refractivity contribution in [3.63, 3.8) is 0 Å². The van der Waals surface area contributed by atoms with Crippen LogP contribution in [0.2, 0.25) is 0 Å². The number of aromatic nitrogens is 1. The second-order valence-electron chi connectivity index (χ2n) is 7.28. The van der Waals surface area contributed by atoms with Crippen LogP contribution in [0.3, 0.4) is 0 Å². The van der Waals surface area contributed by atoms with Gasteiger partial charge in [0, 0.05) is 32.9 Å². The van der Waals surface area contributed by atoms with Gasteiger partial charge >= 0.3 is 0 Å². The molecule has 154 valence electrons. The SMILES string of the molecule is CNC(=O)c1c2c(cn(CCc3ccccc3)c1=O)CN(C(=O)c1ccco1)CC2. The van der Waals surface area contributed by atoms with Crippen molar-refractivity contribution in [2.24, 2.45) is 0 Å². The van der Waals surface area contributed by atoms with Crippen LogP contribution in [-0.4, -0.2) is 34.9 Å². The van der Waals surface area contributed by atoms with E-state index in [-0.39, 0.29) is 22.8 Å². The second kappa shape index (κ2) is 8.41. The molecule has 7 heteroatoms. The van der Waals surface area contributed by atoms with Gasteiger partial charge in [0.15, 0.2) is 5.76 Å². The van der Waals surface area contributed by atoms with Crippen molar-refractivity contribution in [1.82, 2.24) is 14.8 Å². The van der Waals surface area contributed by atoms with Crippen LogP contribution >= 0.6 is 0 Å². The molecule has 0 aliphatic carbocycles. The highest BCUT2D eigenvalue weighted by Crippen LogP contribution is 2.22. The van der Waals surface area contributed by atoms with Crippen LogP contribution in [0.5, 0.6) is 0 Å². The molecule has 0 atom stereocenters. The smallest absolute Gasteiger partial charge is 0.289 e. The Morgan fingerprint density at radius 1 is 1.13 bits per heavy atom. The monoisotopic (exact) mass is 405 g/mol. The number of rotatable bonds is 5. The van der Waals surface area contributed by atoms with Gasteiger partial charge in [-0.05, 0) is 41.7 Å². The van der Waals surface area contributed by atoms with Crippen LogP contribution in [0.25, 0.3) is 0 Å². The average molecular weight is 405 g/mol. The summed E-state index contributed by atoms with van der Waals surface area (Å²) in [5.41, 5.74) is 2.52. The zero-order valence-corrected chi connectivity index (χ0v) is 16.8. The minimum Gasteiger partial charge on any atom is -0.459 e. The number of benzene rings is 1. The lowest BCUT2D eigenvalue weighted by molar-refractivity contribution is 0.0701. The summed E-state index contributed by atoms with van der Waals surface area (Å²) >= 11 is 0. The first kappa shape index (κ1) is 19.7. The maximum Gasteiger partial charge on any atom is 0.289 e. The van der Waals surface area contributed by atoms with Crippen molar-refractivity contribution in [3.8, 4) is 0 Å². The largest absolute Gasteiger partial charge is 0.459 e. The van der Waals surface area contributed by atoms with Crippen LogP contribution in [0.4, 0.5) is 0 Å². The maximum absolute atomic E-state index is 13.1. The number of fused-ring (bicyclic) bond motifs is 1. The van der Waals surface area contributed by atoms with E-state index < -0.39 is 5.91 Å². The fraction of sp³-hybridized carbons (Fsp3) is 0.261. The molecule has 0 unspecified atom stereocenters. The molecule has 7 nitrogen and oxygen atoms in total. The van der Waals surface area contributed by atoms with Crippen LogP contribution in [0.1, 0.15) is 37.6 Å². The molecule has 0 fully saturated rings. The lowest BCUT2D eigenvalue weighted by atomic mass is 9.95. The van der Waals surface area contributed by atoms with E-state index in [0.29, 0.717) is 32.5 Å². The Balaban J connectivity index is 1.67. The van der Waals surface area contributed by atoms with Gasteiger partial charge in [0.2, 0.25) is 0 Å². The topological polar surface area (TPSA) is 84.5 Å². The molecule has 3 heterocycles. The molecule has 0 saturated carbocycles. The van der Waals surface area contributed by atoms with Crippen molar-refractivity contribution in [3.05, 3.63) is 93.3 Å². The summed E-state index contributed by atoms with van der Waals surface area (Å²) in [5, 5.41) is 2.58. The highest BCUT2D eigenvalue weighted by Gasteiger charge is 2.28. The minimum absolute atomic E-state index is 0.174. The zero-order chi connectivity index (χ0) is 21.1. The van der Waals surface area contributed by atoms with Gasteiger partial charge in [0.1, 0.15) is 5.56 Å². The van der Waals surface area contributed by atoms with E-state index in [1.54, 1.807) is 27.8 Å². The van der Waals surface area contributed by atoms with Gasteiger partial charge in [-0.25, -0.2) is 0 Å². The Morgan fingerprint density at radius 2 is 1.93 bits per heavy atom. The van der Waals surface area contributed by atoms with Gasteiger partial charge in [-0.2, -0.15) is 0 Å². The molecule has 1 N–H and O–H groups in total. The fourth-order valence-electron chi connectivity index (χ4n) is 3.86. The molecule has 0 saturated heterocycles. The maximum atomic E-state index is 13.1. The number of carbonyl (C=O) groups is 2. The standard InChI is InChI=1S/C23H23N3O4/c1-24-21(27)20-18-10-12-25(22(28)19-8-5-13-30-19)14-17(18)15-26(23(20)29)11-9-16-6-3-2-4-7-16/h2-8,13,15H,9-12,14H2,1H3,(H,24,27). The molecule has 2 amide bonds. The molecule has 1 aliphatic heterocycles. The molecule has 30 heavy (non-hydrogen) atoms. The number of nitrogens with one attached hydrogen (secondary N) is 1. The van der Waals surface area contributed by atoms with Crippen LogP contribution in [0.15, 0.2) is 64.1 Å². The van der Waals surface area contributed by atoms with E-state index in [1.807, 2.05) is 30.3 Å². The highest BCUT2D eigenvalue weighted by molar-refractivity contribution is 5.96. The first-order valence-corrected chi connectivity index (χ1v) is 9.92. The normalized spacial score (nSPS) is 13.0. The fourth-order valence-corrected chi connectivity index (χ4v) is 3.86. The third kappa shape index (κ3) is 3.78. The first-order valence-electron chi connectivity index (χ1n) is 9.92. The zero-order valence-electron chi connectivity index (χ0n) is 16.8. The van der Waals surface area contributed by atoms with Crippen LogP contribution < -0.4 is 10.9 Å². The minimum atomic E-state index is -0.392. The van der Waals surface area contributed by atoms with Gasteiger partial charge < -0.3 is 19.2 Å². The number of amides is 2. The third-order valence-corrected chi connectivity index (χ3v) is 5.43. The quantitative estimate of drug-likeness (QED) is 0.706. The molecule has 0 spiro atoms. The Morgan fingerprint density at radius 3 is 2.63 bits per heavy atom. The molecular formula is C23H23N3O4. The Hall–Kier alpha value is -3.61. The molecule has 0 radical (unpaired) electrons. The molecule has 4 rings (SSSR count). The Kier molecular flexibility index (Phi) is 5.52. The Labute approximate surface area is 173 Å². The summed E-state index contributed by atoms with van der Waals surface area (Å²) in [7, 11) is 1.52. The number of pyridine rings is 1. The van der Waals surface area contributed by atoms with E-state index in [0.717, 1.165) is 16.7 Å². The van der Waals surface area contributed by atoms with Crippen molar-refractivity contribution in [2.75, 3.05) is 13.6 Å². The molecule has 1 aromatic carbocycles. The van der Waals surface area contributed by atoms with E-state index in [4.69, 9.17) is 4.42 Å². The molecule has 3 aromatic rings. The third-order valence-electron chi connectivity index (χ3n) is 5.43. The number of hydrogen-bond donors (Lipinski definition) is 1. The Bertz CT molecular complexity index is 1120. The van der Waals surface area contributed by atoms with E-state index in [1.165, 1.54) is 13.3 Å². The average Bonchev–Trinajstić information content (AvgIpc) is 3.32. The summed E-state index contributed by atoms with van der Waals surface area (Å²) < 4.78 is 6.82. The molecular weight excluding hydrogens is 382 g/mol. The summed E-state index contributed by atoms with van der Waals surface area (Å²) in [6, 6.07) is 13.2. The van der Waals surface area contributed by atoms with Gasteiger partial charge in [-0.15, -0.1) is 0 Å². The van der Waals surface area contributed by atoms with E-state index >= 15 is 0 Å². The lowest BCUT2D eigenvalue weighted by Crippen LogP contribution is -2.41. The summed E-state index contributed by atoms with van der Waals surface area (Å²) in [5.74, 6) is -0.312. The molecule has 0 bridgehead atoms. The second-order valence-corrected chi connectivity index (χ2v) is 7.28. The summed E-state index contributed by atoms with van der Waals surface area (Å²) in [6.07, 6.45) is 4.37. The van der Waals surface area contributed by atoms with Crippen molar-refractivity contribution >= 4 is 11.8 Å². The van der Waals surface area contributed by atoms with E-state index in [9.17, 15) is 14.4 Å². The van der Waals surface area contributed by atoms with Gasteiger partial charge in [0.05, 0.1) is 6.26 Å². The van der Waals surface area contributed by atoms with Crippen molar-refractivity contribution in [2.45, 2.75) is 25.9 Å². The summed E-state index contributed by atoms with van der Waals surface area (Å²) in [4.78, 5) is 40.0. The number of carbonyl (C=O) groups excluding carboxylic acids is 2. The van der Waals surface area contributed by atoms with Crippen LogP contribution in [0, 0.1) is 0 Å². The number of hydrogen-bond acceptors (Lipinski definition) is 4. The van der Waals surface area contributed by atoms with E-state index in [2.05, 4.69) is 5.32 Å². The highest BCUT2D eigenvalue weighted by atomic mass is 16.3. The number of aryl methyl sites for hydroxylation is 2. The van der Waals surface area contributed by atoms with Crippen molar-refractivity contribution in [1.29, 1.82) is 0 Å². The lowest BCUT2D eigenvalue weighted by Gasteiger charge is -2.30. The number of nitrogens with zero attached hydrogens (tertiary/aromatic N) is 2. The number of furan rings is 1.